The maximum absolute atomic E-state index is 13.0. The van der Waals surface area contributed by atoms with E-state index < -0.39 is 11.7 Å². The second-order valence-electron chi connectivity index (χ2n) is 4.25. The number of allylic oxidation sites excluding steroid dienone is 2. The summed E-state index contributed by atoms with van der Waals surface area (Å²) in [7, 11) is 0. The number of nitriles is 1. The number of aliphatic hydroxyl groups excluding tert-OH is 1. The standard InChI is InChI=1S/C14H13F2NO2/c1-9(18)12(8-17)13(19)7-10-3-5-11(6-4-10)14(2,15)16/h3-6,19H,7H2,1-2H3. The molecule has 0 atom stereocenters. The van der Waals surface area contributed by atoms with Gasteiger partial charge in [0.05, 0.1) is 0 Å². The van der Waals surface area contributed by atoms with E-state index in [4.69, 9.17) is 5.26 Å². The molecular formula is C14H13F2NO2. The van der Waals surface area contributed by atoms with Crippen LogP contribution in [-0.4, -0.2) is 10.9 Å². The lowest BCUT2D eigenvalue weighted by Gasteiger charge is -2.11. The van der Waals surface area contributed by atoms with E-state index in [0.29, 0.717) is 5.56 Å². The van der Waals surface area contributed by atoms with E-state index in [0.717, 1.165) is 6.92 Å². The van der Waals surface area contributed by atoms with Crippen LogP contribution >= 0.6 is 0 Å². The maximum atomic E-state index is 13.0. The van der Waals surface area contributed by atoms with Crippen molar-refractivity contribution in [2.75, 3.05) is 0 Å². The van der Waals surface area contributed by atoms with E-state index in [-0.39, 0.29) is 23.3 Å². The molecule has 0 saturated carbocycles. The van der Waals surface area contributed by atoms with Gasteiger partial charge in [0.1, 0.15) is 17.4 Å². The molecule has 100 valence electrons. The smallest absolute Gasteiger partial charge is 0.270 e. The van der Waals surface area contributed by atoms with Crippen LogP contribution in [0.15, 0.2) is 35.6 Å². The Labute approximate surface area is 109 Å². The van der Waals surface area contributed by atoms with Crippen molar-refractivity contribution >= 4 is 5.78 Å². The second-order valence-corrected chi connectivity index (χ2v) is 4.25. The van der Waals surface area contributed by atoms with Gasteiger partial charge in [-0.05, 0) is 12.5 Å². The fourth-order valence-corrected chi connectivity index (χ4v) is 1.54. The Morgan fingerprint density at radius 2 is 1.89 bits per heavy atom. The number of hydrogen-bond donors (Lipinski definition) is 1. The second kappa shape index (κ2) is 5.61. The number of hydrogen-bond acceptors (Lipinski definition) is 3. The van der Waals surface area contributed by atoms with Crippen LogP contribution in [0.3, 0.4) is 0 Å². The Hall–Kier alpha value is -2.22. The first-order valence-electron chi connectivity index (χ1n) is 5.56. The molecular weight excluding hydrogens is 252 g/mol. The van der Waals surface area contributed by atoms with Gasteiger partial charge < -0.3 is 5.11 Å². The zero-order valence-electron chi connectivity index (χ0n) is 10.6. The number of carbonyl (C=O) groups is 1. The van der Waals surface area contributed by atoms with Gasteiger partial charge in [-0.15, -0.1) is 0 Å². The summed E-state index contributed by atoms with van der Waals surface area (Å²) < 4.78 is 26.0. The Kier molecular flexibility index (Phi) is 4.38. The van der Waals surface area contributed by atoms with E-state index in [1.54, 1.807) is 6.07 Å². The van der Waals surface area contributed by atoms with Crippen LogP contribution in [0.5, 0.6) is 0 Å². The normalized spacial score (nSPS) is 12.6. The van der Waals surface area contributed by atoms with Gasteiger partial charge in [0, 0.05) is 18.9 Å². The summed E-state index contributed by atoms with van der Waals surface area (Å²) in [5.74, 6) is -3.81. The summed E-state index contributed by atoms with van der Waals surface area (Å²) in [5, 5.41) is 18.4. The molecule has 0 amide bonds. The molecule has 0 unspecified atom stereocenters. The first-order valence-corrected chi connectivity index (χ1v) is 5.56. The molecule has 1 aromatic rings. The van der Waals surface area contributed by atoms with Gasteiger partial charge in [-0.25, -0.2) is 8.78 Å². The van der Waals surface area contributed by atoms with E-state index in [9.17, 15) is 18.7 Å². The zero-order valence-corrected chi connectivity index (χ0v) is 10.6. The molecule has 0 saturated heterocycles. The number of benzene rings is 1. The molecule has 0 aliphatic carbocycles. The Morgan fingerprint density at radius 1 is 1.37 bits per heavy atom. The third kappa shape index (κ3) is 3.88. The first kappa shape index (κ1) is 14.8. The van der Waals surface area contributed by atoms with Crippen molar-refractivity contribution in [3.8, 4) is 6.07 Å². The van der Waals surface area contributed by atoms with E-state index in [1.807, 2.05) is 0 Å². The highest BCUT2D eigenvalue weighted by atomic mass is 19.3. The average molecular weight is 265 g/mol. The number of rotatable bonds is 4. The molecule has 19 heavy (non-hydrogen) atoms. The minimum Gasteiger partial charge on any atom is -0.510 e. The van der Waals surface area contributed by atoms with Gasteiger partial charge in [0.2, 0.25) is 0 Å². The van der Waals surface area contributed by atoms with Crippen molar-refractivity contribution in [3.63, 3.8) is 0 Å². The molecule has 5 heteroatoms. The molecule has 0 fully saturated rings. The topological polar surface area (TPSA) is 61.1 Å². The van der Waals surface area contributed by atoms with Gasteiger partial charge in [0.25, 0.3) is 5.92 Å². The molecule has 0 aliphatic rings. The third-order valence-electron chi connectivity index (χ3n) is 2.58. The maximum Gasteiger partial charge on any atom is 0.270 e. The van der Waals surface area contributed by atoms with Crippen LogP contribution in [0.2, 0.25) is 0 Å². The number of carbonyl (C=O) groups excluding carboxylic acids is 1. The lowest BCUT2D eigenvalue weighted by molar-refractivity contribution is -0.113. The Bertz CT molecular complexity index is 548. The number of Topliss-reactive ketones (excluding diaryl/α,β-unsaturated/α-hetero) is 1. The van der Waals surface area contributed by atoms with E-state index in [1.165, 1.54) is 31.2 Å². The molecule has 1 N–H and O–H groups in total. The number of ketones is 1. The zero-order chi connectivity index (χ0) is 14.6. The van der Waals surface area contributed by atoms with Crippen molar-refractivity contribution in [1.82, 2.24) is 0 Å². The van der Waals surface area contributed by atoms with E-state index in [2.05, 4.69) is 0 Å². The molecule has 3 nitrogen and oxygen atoms in total. The summed E-state index contributed by atoms with van der Waals surface area (Å²) in [5.41, 5.74) is 0.0937. The van der Waals surface area contributed by atoms with Crippen LogP contribution in [0.1, 0.15) is 25.0 Å². The number of halogens is 2. The van der Waals surface area contributed by atoms with Gasteiger partial charge in [0.15, 0.2) is 5.78 Å². The summed E-state index contributed by atoms with van der Waals surface area (Å²) in [6, 6.07) is 6.98. The van der Waals surface area contributed by atoms with E-state index >= 15 is 0 Å². The van der Waals surface area contributed by atoms with Crippen LogP contribution in [0, 0.1) is 11.3 Å². The predicted octanol–water partition coefficient (Wildman–Crippen LogP) is 3.27. The highest BCUT2D eigenvalue weighted by Crippen LogP contribution is 2.27. The van der Waals surface area contributed by atoms with Crippen molar-refractivity contribution in [3.05, 3.63) is 46.7 Å². The average Bonchev–Trinajstić information content (AvgIpc) is 2.28. The third-order valence-corrected chi connectivity index (χ3v) is 2.58. The van der Waals surface area contributed by atoms with Gasteiger partial charge in [-0.1, -0.05) is 24.3 Å². The lowest BCUT2D eigenvalue weighted by Crippen LogP contribution is -2.07. The summed E-state index contributed by atoms with van der Waals surface area (Å²) in [4.78, 5) is 11.1. The van der Waals surface area contributed by atoms with Crippen LogP contribution in [0.4, 0.5) is 8.78 Å². The van der Waals surface area contributed by atoms with Crippen molar-refractivity contribution in [2.45, 2.75) is 26.2 Å². The van der Waals surface area contributed by atoms with Crippen molar-refractivity contribution < 1.29 is 18.7 Å². The quantitative estimate of drug-likeness (QED) is 0.516. The monoisotopic (exact) mass is 265 g/mol. The SMILES string of the molecule is CC(=O)C(C#N)=C(O)Cc1ccc(C(C)(F)F)cc1. The highest BCUT2D eigenvalue weighted by Gasteiger charge is 2.23. The van der Waals surface area contributed by atoms with Crippen LogP contribution in [-0.2, 0) is 17.1 Å². The highest BCUT2D eigenvalue weighted by molar-refractivity contribution is 5.97. The predicted molar refractivity (Wildman–Crippen MR) is 65.7 cm³/mol. The van der Waals surface area contributed by atoms with Gasteiger partial charge in [-0.3, -0.25) is 4.79 Å². The number of alkyl halides is 2. The Balaban J connectivity index is 2.97. The largest absolute Gasteiger partial charge is 0.510 e. The first-order chi connectivity index (χ1) is 8.75. The van der Waals surface area contributed by atoms with Crippen LogP contribution < -0.4 is 0 Å². The fourth-order valence-electron chi connectivity index (χ4n) is 1.54. The molecule has 0 heterocycles. The lowest BCUT2D eigenvalue weighted by atomic mass is 10.0. The minimum atomic E-state index is -2.92. The molecule has 0 radical (unpaired) electrons. The summed E-state index contributed by atoms with van der Waals surface area (Å²) in [6.07, 6.45) is -0.0436. The number of aliphatic hydroxyl groups is 1. The summed E-state index contributed by atoms with van der Waals surface area (Å²) in [6.45, 7) is 1.97. The van der Waals surface area contributed by atoms with Gasteiger partial charge >= 0.3 is 0 Å². The molecule has 0 aromatic heterocycles. The summed E-state index contributed by atoms with van der Waals surface area (Å²) >= 11 is 0. The fraction of sp³-hybridized carbons (Fsp3) is 0.286. The molecule has 0 aliphatic heterocycles. The van der Waals surface area contributed by atoms with Crippen LogP contribution in [0.25, 0.3) is 0 Å². The number of nitrogens with zero attached hydrogens (tertiary/aromatic N) is 1. The van der Waals surface area contributed by atoms with Crippen molar-refractivity contribution in [2.24, 2.45) is 0 Å². The van der Waals surface area contributed by atoms with Gasteiger partial charge in [-0.2, -0.15) is 5.26 Å². The molecule has 1 aromatic carbocycles. The molecule has 0 bridgehead atoms. The Morgan fingerprint density at radius 3 is 2.26 bits per heavy atom. The molecule has 0 spiro atoms. The van der Waals surface area contributed by atoms with Crippen molar-refractivity contribution in [1.29, 1.82) is 5.26 Å². The molecule has 1 rings (SSSR count). The minimum absolute atomic E-state index is 0.0436.